The molecule has 6 heteroatoms. The van der Waals surface area contributed by atoms with Gasteiger partial charge in [-0.25, -0.2) is 4.39 Å². The van der Waals surface area contributed by atoms with Gasteiger partial charge in [0.05, 0.1) is 17.4 Å². The normalized spacial score (nSPS) is 10.3. The molecular weight excluding hydrogens is 259 g/mol. The van der Waals surface area contributed by atoms with E-state index in [2.05, 4.69) is 20.8 Å². The summed E-state index contributed by atoms with van der Waals surface area (Å²) in [5.74, 6) is -0.737. The first kappa shape index (κ1) is 14.0. The van der Waals surface area contributed by atoms with Crippen molar-refractivity contribution in [2.75, 3.05) is 11.9 Å². The maximum Gasteiger partial charge on any atom is 0.253 e. The zero-order chi connectivity index (χ0) is 14.4. The number of benzene rings is 1. The molecule has 0 bridgehead atoms. The van der Waals surface area contributed by atoms with Crippen LogP contribution in [0.4, 0.5) is 10.1 Å². The van der Waals surface area contributed by atoms with Gasteiger partial charge in [0.2, 0.25) is 0 Å². The van der Waals surface area contributed by atoms with Crippen LogP contribution >= 0.6 is 0 Å². The van der Waals surface area contributed by atoms with Crippen LogP contribution in [0.5, 0.6) is 0 Å². The molecule has 3 N–H and O–H groups in total. The molecule has 0 saturated heterocycles. The molecule has 1 heterocycles. The first-order valence-corrected chi connectivity index (χ1v) is 6.50. The number of carbonyl (C=O) groups is 1. The van der Waals surface area contributed by atoms with E-state index >= 15 is 0 Å². The number of para-hydroxylation sites is 1. The SMILES string of the molecule is CCCNc1c(F)cccc1C(=O)NCc1cn[nH]c1. The Balaban J connectivity index is 2.10. The minimum Gasteiger partial charge on any atom is -0.382 e. The van der Waals surface area contributed by atoms with Gasteiger partial charge in [0.15, 0.2) is 0 Å². The van der Waals surface area contributed by atoms with E-state index in [1.54, 1.807) is 18.5 Å². The van der Waals surface area contributed by atoms with E-state index in [0.29, 0.717) is 18.7 Å². The average molecular weight is 276 g/mol. The molecule has 0 spiro atoms. The van der Waals surface area contributed by atoms with Crippen molar-refractivity contribution in [3.63, 3.8) is 0 Å². The van der Waals surface area contributed by atoms with E-state index in [9.17, 15) is 9.18 Å². The Kier molecular flexibility index (Phi) is 4.70. The number of hydrogen-bond donors (Lipinski definition) is 3. The Morgan fingerprint density at radius 1 is 1.45 bits per heavy atom. The molecule has 0 atom stereocenters. The van der Waals surface area contributed by atoms with E-state index in [4.69, 9.17) is 0 Å². The van der Waals surface area contributed by atoms with Gasteiger partial charge in [-0.2, -0.15) is 5.10 Å². The summed E-state index contributed by atoms with van der Waals surface area (Å²) in [5.41, 5.74) is 1.42. The van der Waals surface area contributed by atoms with Crippen LogP contribution in [-0.4, -0.2) is 22.6 Å². The molecule has 0 aliphatic carbocycles. The molecule has 1 aromatic carbocycles. The van der Waals surface area contributed by atoms with Crippen molar-refractivity contribution >= 4 is 11.6 Å². The molecule has 0 saturated carbocycles. The van der Waals surface area contributed by atoms with Crippen molar-refractivity contribution < 1.29 is 9.18 Å². The predicted octanol–water partition coefficient (Wildman–Crippen LogP) is 2.30. The van der Waals surface area contributed by atoms with Crippen molar-refractivity contribution in [1.29, 1.82) is 0 Å². The third-order valence-corrected chi connectivity index (χ3v) is 2.82. The summed E-state index contributed by atoms with van der Waals surface area (Å²) in [6.07, 6.45) is 4.18. The van der Waals surface area contributed by atoms with Crippen LogP contribution in [0.3, 0.4) is 0 Å². The standard InChI is InChI=1S/C14H17FN4O/c1-2-6-16-13-11(4-3-5-12(13)15)14(20)17-7-10-8-18-19-9-10/h3-5,8-9,16H,2,6-7H2,1H3,(H,17,20)(H,18,19). The minimum absolute atomic E-state index is 0.249. The number of nitrogens with zero attached hydrogens (tertiary/aromatic N) is 1. The Hall–Kier alpha value is -2.37. The fraction of sp³-hybridized carbons (Fsp3) is 0.286. The number of nitrogens with one attached hydrogen (secondary N) is 3. The number of H-pyrrole nitrogens is 1. The summed E-state index contributed by atoms with van der Waals surface area (Å²) in [5, 5.41) is 12.2. The number of aromatic nitrogens is 2. The third-order valence-electron chi connectivity index (χ3n) is 2.82. The number of carbonyl (C=O) groups excluding carboxylic acids is 1. The Bertz CT molecular complexity index is 569. The molecule has 0 radical (unpaired) electrons. The molecule has 20 heavy (non-hydrogen) atoms. The lowest BCUT2D eigenvalue weighted by molar-refractivity contribution is 0.0951. The Morgan fingerprint density at radius 3 is 3.00 bits per heavy atom. The summed E-state index contributed by atoms with van der Waals surface area (Å²) >= 11 is 0. The van der Waals surface area contributed by atoms with Crippen molar-refractivity contribution in [3.8, 4) is 0 Å². The van der Waals surface area contributed by atoms with Crippen LogP contribution in [0.15, 0.2) is 30.6 Å². The monoisotopic (exact) mass is 276 g/mol. The maximum atomic E-state index is 13.8. The highest BCUT2D eigenvalue weighted by Crippen LogP contribution is 2.19. The molecular formula is C14H17FN4O. The van der Waals surface area contributed by atoms with Crippen LogP contribution in [0.1, 0.15) is 29.3 Å². The van der Waals surface area contributed by atoms with Gasteiger partial charge in [-0.05, 0) is 18.6 Å². The van der Waals surface area contributed by atoms with Gasteiger partial charge in [-0.15, -0.1) is 0 Å². The summed E-state index contributed by atoms with van der Waals surface area (Å²) in [4.78, 5) is 12.1. The zero-order valence-electron chi connectivity index (χ0n) is 11.2. The molecule has 0 unspecified atom stereocenters. The van der Waals surface area contributed by atoms with Gasteiger partial charge < -0.3 is 10.6 Å². The molecule has 2 aromatic rings. The summed E-state index contributed by atoms with van der Waals surface area (Å²) in [6.45, 7) is 2.94. The molecule has 0 fully saturated rings. The van der Waals surface area contributed by atoms with Gasteiger partial charge in [0.1, 0.15) is 5.82 Å². The van der Waals surface area contributed by atoms with Gasteiger partial charge in [0.25, 0.3) is 5.91 Å². The number of hydrogen-bond acceptors (Lipinski definition) is 3. The number of rotatable bonds is 6. The quantitative estimate of drug-likeness (QED) is 0.758. The fourth-order valence-corrected chi connectivity index (χ4v) is 1.79. The van der Waals surface area contributed by atoms with Crippen molar-refractivity contribution in [2.24, 2.45) is 0 Å². The lowest BCUT2D eigenvalue weighted by Crippen LogP contribution is -2.24. The third kappa shape index (κ3) is 3.34. The van der Waals surface area contributed by atoms with Crippen LogP contribution < -0.4 is 10.6 Å². The van der Waals surface area contributed by atoms with Gasteiger partial charge >= 0.3 is 0 Å². The second-order valence-electron chi connectivity index (χ2n) is 4.38. The van der Waals surface area contributed by atoms with Crippen LogP contribution in [0, 0.1) is 5.82 Å². The average Bonchev–Trinajstić information content (AvgIpc) is 2.96. The zero-order valence-corrected chi connectivity index (χ0v) is 11.2. The fourth-order valence-electron chi connectivity index (χ4n) is 1.79. The lowest BCUT2D eigenvalue weighted by Gasteiger charge is -2.12. The number of halogens is 1. The molecule has 106 valence electrons. The summed E-state index contributed by atoms with van der Waals surface area (Å²) < 4.78 is 13.8. The van der Waals surface area contributed by atoms with Gasteiger partial charge in [-0.1, -0.05) is 13.0 Å². The minimum atomic E-state index is -0.422. The highest BCUT2D eigenvalue weighted by Gasteiger charge is 2.14. The second-order valence-corrected chi connectivity index (χ2v) is 4.38. The second kappa shape index (κ2) is 6.70. The predicted molar refractivity (Wildman–Crippen MR) is 74.9 cm³/mol. The molecule has 0 aliphatic rings. The largest absolute Gasteiger partial charge is 0.382 e. The molecule has 5 nitrogen and oxygen atoms in total. The molecule has 2 rings (SSSR count). The van der Waals surface area contributed by atoms with Gasteiger partial charge in [0, 0.05) is 24.8 Å². The lowest BCUT2D eigenvalue weighted by atomic mass is 10.1. The van der Waals surface area contributed by atoms with Crippen LogP contribution in [0.25, 0.3) is 0 Å². The Morgan fingerprint density at radius 2 is 2.30 bits per heavy atom. The van der Waals surface area contributed by atoms with Crippen LogP contribution in [-0.2, 0) is 6.54 Å². The van der Waals surface area contributed by atoms with Crippen molar-refractivity contribution in [3.05, 3.63) is 47.5 Å². The molecule has 1 aromatic heterocycles. The molecule has 1 amide bonds. The number of aromatic amines is 1. The summed E-state index contributed by atoms with van der Waals surface area (Å²) in [7, 11) is 0. The Labute approximate surface area is 116 Å². The van der Waals surface area contributed by atoms with E-state index in [1.807, 2.05) is 6.92 Å². The van der Waals surface area contributed by atoms with E-state index in [0.717, 1.165) is 12.0 Å². The van der Waals surface area contributed by atoms with E-state index in [1.165, 1.54) is 12.1 Å². The van der Waals surface area contributed by atoms with E-state index in [-0.39, 0.29) is 11.6 Å². The highest BCUT2D eigenvalue weighted by molar-refractivity contribution is 5.99. The van der Waals surface area contributed by atoms with Gasteiger partial charge in [-0.3, -0.25) is 9.89 Å². The first-order chi connectivity index (χ1) is 9.72. The van der Waals surface area contributed by atoms with Crippen molar-refractivity contribution in [2.45, 2.75) is 19.9 Å². The molecule has 0 aliphatic heterocycles. The topological polar surface area (TPSA) is 69.8 Å². The highest BCUT2D eigenvalue weighted by atomic mass is 19.1. The van der Waals surface area contributed by atoms with Crippen LogP contribution in [0.2, 0.25) is 0 Å². The first-order valence-electron chi connectivity index (χ1n) is 6.50. The van der Waals surface area contributed by atoms with Crippen molar-refractivity contribution in [1.82, 2.24) is 15.5 Å². The maximum absolute atomic E-state index is 13.8. The van der Waals surface area contributed by atoms with E-state index < -0.39 is 5.82 Å². The number of anilines is 1. The smallest absolute Gasteiger partial charge is 0.253 e. The number of amides is 1. The summed E-state index contributed by atoms with van der Waals surface area (Å²) in [6, 6.07) is 4.47.